The Labute approximate surface area is 74.5 Å². The molecule has 12 heavy (non-hydrogen) atoms. The van der Waals surface area contributed by atoms with E-state index in [9.17, 15) is 0 Å². The van der Waals surface area contributed by atoms with Crippen molar-refractivity contribution in [1.29, 1.82) is 0 Å². The van der Waals surface area contributed by atoms with Gasteiger partial charge >= 0.3 is 0 Å². The fourth-order valence-corrected chi connectivity index (χ4v) is 1.98. The van der Waals surface area contributed by atoms with Crippen LogP contribution in [0, 0.1) is 0 Å². The fourth-order valence-electron chi connectivity index (χ4n) is 1.98. The maximum absolute atomic E-state index is 9.04. The molecule has 1 fully saturated rings. The molecule has 1 rings (SSSR count). The number of rotatable bonds is 4. The minimum absolute atomic E-state index is 0.160. The van der Waals surface area contributed by atoms with Gasteiger partial charge in [0.15, 0.2) is 0 Å². The highest BCUT2D eigenvalue weighted by Crippen LogP contribution is 2.23. The first-order valence-corrected chi connectivity index (χ1v) is 4.82. The van der Waals surface area contributed by atoms with E-state index in [2.05, 4.69) is 11.9 Å². The van der Waals surface area contributed by atoms with Gasteiger partial charge in [0.2, 0.25) is 0 Å². The van der Waals surface area contributed by atoms with Gasteiger partial charge in [-0.25, -0.2) is 0 Å². The van der Waals surface area contributed by atoms with Crippen LogP contribution in [-0.4, -0.2) is 42.3 Å². The average molecular weight is 172 g/mol. The van der Waals surface area contributed by atoms with Gasteiger partial charge in [0.25, 0.3) is 0 Å². The number of aliphatic hydroxyl groups excluding tert-OH is 1. The molecule has 3 N–H and O–H groups in total. The van der Waals surface area contributed by atoms with Crippen LogP contribution < -0.4 is 5.73 Å². The molecule has 0 aromatic rings. The first-order chi connectivity index (χ1) is 5.79. The number of nitrogens with two attached hydrogens (primary N) is 1. The summed E-state index contributed by atoms with van der Waals surface area (Å²) in [5.41, 5.74) is 5.55. The molecular formula is C9H20N2O. The fraction of sp³-hybridized carbons (Fsp3) is 1.00. The van der Waals surface area contributed by atoms with Gasteiger partial charge in [-0.3, -0.25) is 4.90 Å². The Morgan fingerprint density at radius 2 is 2.08 bits per heavy atom. The molecule has 1 atom stereocenters. The third-order valence-corrected chi connectivity index (χ3v) is 2.96. The van der Waals surface area contributed by atoms with E-state index in [4.69, 9.17) is 10.8 Å². The second-order valence-electron chi connectivity index (χ2n) is 3.68. The SMILES string of the molecule is CN(C(CN)CO)C1CCCC1. The molecule has 0 bridgehead atoms. The number of hydrogen-bond donors (Lipinski definition) is 2. The summed E-state index contributed by atoms with van der Waals surface area (Å²) in [7, 11) is 2.07. The average Bonchev–Trinajstić information content (AvgIpc) is 2.58. The van der Waals surface area contributed by atoms with Gasteiger partial charge in [0.1, 0.15) is 0 Å². The Morgan fingerprint density at radius 3 is 2.50 bits per heavy atom. The van der Waals surface area contributed by atoms with Gasteiger partial charge < -0.3 is 10.8 Å². The van der Waals surface area contributed by atoms with E-state index >= 15 is 0 Å². The zero-order chi connectivity index (χ0) is 8.97. The van der Waals surface area contributed by atoms with Crippen molar-refractivity contribution in [1.82, 2.24) is 4.90 Å². The van der Waals surface area contributed by atoms with Gasteiger partial charge in [-0.05, 0) is 19.9 Å². The molecular weight excluding hydrogens is 152 g/mol. The third-order valence-electron chi connectivity index (χ3n) is 2.96. The molecule has 0 spiro atoms. The van der Waals surface area contributed by atoms with Crippen LogP contribution in [0.15, 0.2) is 0 Å². The van der Waals surface area contributed by atoms with Gasteiger partial charge in [0, 0.05) is 18.6 Å². The van der Waals surface area contributed by atoms with Crippen molar-refractivity contribution < 1.29 is 5.11 Å². The molecule has 0 heterocycles. The van der Waals surface area contributed by atoms with Gasteiger partial charge in [-0.1, -0.05) is 12.8 Å². The van der Waals surface area contributed by atoms with E-state index < -0.39 is 0 Å². The summed E-state index contributed by atoms with van der Waals surface area (Å²) in [5, 5.41) is 9.04. The maximum atomic E-state index is 9.04. The number of hydrogen-bond acceptors (Lipinski definition) is 3. The monoisotopic (exact) mass is 172 g/mol. The van der Waals surface area contributed by atoms with E-state index in [-0.39, 0.29) is 12.6 Å². The molecule has 1 aliphatic carbocycles. The van der Waals surface area contributed by atoms with Crippen molar-refractivity contribution >= 4 is 0 Å². The molecule has 3 nitrogen and oxygen atoms in total. The van der Waals surface area contributed by atoms with Crippen molar-refractivity contribution in [2.75, 3.05) is 20.2 Å². The number of likely N-dealkylation sites (N-methyl/N-ethyl adjacent to an activating group) is 1. The minimum atomic E-state index is 0.160. The normalized spacial score (nSPS) is 22.0. The second-order valence-corrected chi connectivity index (χ2v) is 3.68. The zero-order valence-electron chi connectivity index (χ0n) is 7.87. The zero-order valence-corrected chi connectivity index (χ0v) is 7.87. The van der Waals surface area contributed by atoms with Crippen molar-refractivity contribution in [3.8, 4) is 0 Å². The highest BCUT2D eigenvalue weighted by Gasteiger charge is 2.23. The summed E-state index contributed by atoms with van der Waals surface area (Å²) in [6.07, 6.45) is 5.20. The van der Waals surface area contributed by atoms with Crippen molar-refractivity contribution in [2.45, 2.75) is 37.8 Å². The molecule has 0 aromatic carbocycles. The molecule has 0 saturated heterocycles. The van der Waals surface area contributed by atoms with Crippen LogP contribution in [0.1, 0.15) is 25.7 Å². The summed E-state index contributed by atoms with van der Waals surface area (Å²) in [5.74, 6) is 0. The molecule has 0 radical (unpaired) electrons. The maximum Gasteiger partial charge on any atom is 0.0599 e. The van der Waals surface area contributed by atoms with E-state index in [0.717, 1.165) is 0 Å². The minimum Gasteiger partial charge on any atom is -0.395 e. The van der Waals surface area contributed by atoms with Gasteiger partial charge in [-0.15, -0.1) is 0 Å². The Bertz CT molecular complexity index is 118. The Morgan fingerprint density at radius 1 is 1.50 bits per heavy atom. The van der Waals surface area contributed by atoms with Crippen LogP contribution in [0.4, 0.5) is 0 Å². The van der Waals surface area contributed by atoms with Crippen LogP contribution in [0.5, 0.6) is 0 Å². The quantitative estimate of drug-likeness (QED) is 0.636. The second kappa shape index (κ2) is 4.80. The molecule has 0 aliphatic heterocycles. The largest absolute Gasteiger partial charge is 0.395 e. The smallest absolute Gasteiger partial charge is 0.0599 e. The summed E-state index contributed by atoms with van der Waals surface area (Å²) in [4.78, 5) is 2.24. The Hall–Kier alpha value is -0.120. The van der Waals surface area contributed by atoms with Crippen molar-refractivity contribution in [3.05, 3.63) is 0 Å². The predicted octanol–water partition coefficient (Wildman–Crippen LogP) is 0.180. The molecule has 0 aromatic heterocycles. The van der Waals surface area contributed by atoms with Crippen LogP contribution >= 0.6 is 0 Å². The highest BCUT2D eigenvalue weighted by molar-refractivity contribution is 4.80. The Kier molecular flexibility index (Phi) is 3.98. The van der Waals surface area contributed by atoms with Crippen molar-refractivity contribution in [2.24, 2.45) is 5.73 Å². The molecule has 1 saturated carbocycles. The topological polar surface area (TPSA) is 49.5 Å². The summed E-state index contributed by atoms with van der Waals surface area (Å²) in [6.45, 7) is 0.743. The first kappa shape index (κ1) is 9.96. The standard InChI is InChI=1S/C9H20N2O/c1-11(9(6-10)7-12)8-4-2-3-5-8/h8-9,12H,2-7,10H2,1H3. The number of aliphatic hydroxyl groups is 1. The van der Waals surface area contributed by atoms with E-state index in [1.54, 1.807) is 0 Å². The van der Waals surface area contributed by atoms with Crippen LogP contribution in [0.3, 0.4) is 0 Å². The van der Waals surface area contributed by atoms with Crippen LogP contribution in [-0.2, 0) is 0 Å². The molecule has 1 unspecified atom stereocenters. The lowest BCUT2D eigenvalue weighted by molar-refractivity contribution is 0.115. The molecule has 0 amide bonds. The summed E-state index contributed by atoms with van der Waals surface area (Å²) < 4.78 is 0. The van der Waals surface area contributed by atoms with E-state index in [1.165, 1.54) is 25.7 Å². The number of nitrogens with zero attached hydrogens (tertiary/aromatic N) is 1. The van der Waals surface area contributed by atoms with Gasteiger partial charge in [0.05, 0.1) is 6.61 Å². The summed E-state index contributed by atoms with van der Waals surface area (Å²) in [6, 6.07) is 0.818. The summed E-state index contributed by atoms with van der Waals surface area (Å²) >= 11 is 0. The van der Waals surface area contributed by atoms with Gasteiger partial charge in [-0.2, -0.15) is 0 Å². The van der Waals surface area contributed by atoms with E-state index in [0.29, 0.717) is 12.6 Å². The molecule has 3 heteroatoms. The lowest BCUT2D eigenvalue weighted by Crippen LogP contribution is -2.45. The molecule has 1 aliphatic rings. The third kappa shape index (κ3) is 2.19. The molecule has 72 valence electrons. The van der Waals surface area contributed by atoms with Crippen molar-refractivity contribution in [3.63, 3.8) is 0 Å². The first-order valence-electron chi connectivity index (χ1n) is 4.82. The Balaban J connectivity index is 2.37. The van der Waals surface area contributed by atoms with Crippen LogP contribution in [0.25, 0.3) is 0 Å². The van der Waals surface area contributed by atoms with E-state index in [1.807, 2.05) is 0 Å². The predicted molar refractivity (Wildman–Crippen MR) is 49.9 cm³/mol. The highest BCUT2D eigenvalue weighted by atomic mass is 16.3. The lowest BCUT2D eigenvalue weighted by atomic mass is 10.1. The lowest BCUT2D eigenvalue weighted by Gasteiger charge is -2.30. The van der Waals surface area contributed by atoms with Crippen LogP contribution in [0.2, 0.25) is 0 Å².